The van der Waals surface area contributed by atoms with Gasteiger partial charge in [0.2, 0.25) is 0 Å². The number of fused-ring (bicyclic) bond motifs is 1. The predicted molar refractivity (Wildman–Crippen MR) is 70.3 cm³/mol. The Hall–Kier alpha value is -2.15. The lowest BCUT2D eigenvalue weighted by molar-refractivity contribution is -0.142. The van der Waals surface area contributed by atoms with Gasteiger partial charge >= 0.3 is 5.97 Å². The third-order valence-corrected chi connectivity index (χ3v) is 2.77. The molecule has 0 aliphatic rings. The number of methoxy groups -OCH3 is 1. The number of ether oxygens (including phenoxy) is 1. The molecule has 0 saturated heterocycles. The third kappa shape index (κ3) is 2.82. The molecule has 0 saturated carbocycles. The van der Waals surface area contributed by atoms with Crippen LogP contribution in [0.1, 0.15) is 17.3 Å². The zero-order valence-corrected chi connectivity index (χ0v) is 11.2. The average Bonchev–Trinajstić information content (AvgIpc) is 2.76. The predicted octanol–water partition coefficient (Wildman–Crippen LogP) is 1.78. The van der Waals surface area contributed by atoms with Gasteiger partial charge in [-0.3, -0.25) is 4.79 Å². The molecule has 1 amide bonds. The van der Waals surface area contributed by atoms with Crippen LogP contribution in [0.25, 0.3) is 11.1 Å². The number of amides is 1. The van der Waals surface area contributed by atoms with Crippen LogP contribution in [0.15, 0.2) is 22.6 Å². The van der Waals surface area contributed by atoms with Crippen LogP contribution in [0.3, 0.4) is 0 Å². The number of oxazole rings is 1. The Morgan fingerprint density at radius 3 is 2.89 bits per heavy atom. The number of carbonyl (C=O) groups excluding carboxylic acids is 2. The highest BCUT2D eigenvalue weighted by Crippen LogP contribution is 2.15. The number of hydrogen-bond donors (Lipinski definition) is 2. The van der Waals surface area contributed by atoms with Gasteiger partial charge in [0, 0.05) is 5.56 Å². The second kappa shape index (κ2) is 5.23. The number of aromatic nitrogens is 1. The van der Waals surface area contributed by atoms with E-state index in [-0.39, 0.29) is 10.7 Å². The largest absolute Gasteiger partial charge is 0.467 e. The van der Waals surface area contributed by atoms with Crippen LogP contribution in [-0.2, 0) is 9.53 Å². The average molecular weight is 280 g/mol. The van der Waals surface area contributed by atoms with E-state index in [9.17, 15) is 9.59 Å². The van der Waals surface area contributed by atoms with Gasteiger partial charge in [0.25, 0.3) is 10.7 Å². The van der Waals surface area contributed by atoms with Crippen molar-refractivity contribution in [2.24, 2.45) is 0 Å². The van der Waals surface area contributed by atoms with E-state index < -0.39 is 12.0 Å². The first-order valence-corrected chi connectivity index (χ1v) is 5.93. The Labute approximate surface area is 113 Å². The Morgan fingerprint density at radius 2 is 2.21 bits per heavy atom. The maximum atomic E-state index is 11.9. The standard InChI is InChI=1S/C12H12N2O4S/c1-6(11(16)17-2)13-10(15)7-3-4-8-9(5-7)18-12(19)14-8/h3-6H,1-2H3,(H,13,15)(H,14,19)/t6-/m0/s1. The summed E-state index contributed by atoms with van der Waals surface area (Å²) in [6.45, 7) is 1.55. The molecular formula is C12H12N2O4S. The molecule has 100 valence electrons. The van der Waals surface area contributed by atoms with Crippen molar-refractivity contribution in [2.45, 2.75) is 13.0 Å². The van der Waals surface area contributed by atoms with Gasteiger partial charge in [-0.2, -0.15) is 0 Å². The van der Waals surface area contributed by atoms with E-state index in [4.69, 9.17) is 16.6 Å². The molecule has 0 spiro atoms. The number of aromatic amines is 1. The lowest BCUT2D eigenvalue weighted by Crippen LogP contribution is -2.39. The van der Waals surface area contributed by atoms with Gasteiger partial charge in [0.1, 0.15) is 6.04 Å². The molecule has 7 heteroatoms. The van der Waals surface area contributed by atoms with Gasteiger partial charge < -0.3 is 19.5 Å². The third-order valence-electron chi connectivity index (χ3n) is 2.59. The Bertz CT molecular complexity index is 688. The first kappa shape index (κ1) is 13.3. The van der Waals surface area contributed by atoms with Gasteiger partial charge in [0.05, 0.1) is 12.6 Å². The van der Waals surface area contributed by atoms with Crippen LogP contribution in [-0.4, -0.2) is 30.0 Å². The van der Waals surface area contributed by atoms with E-state index in [1.165, 1.54) is 7.11 Å². The quantitative estimate of drug-likeness (QED) is 0.661. The highest BCUT2D eigenvalue weighted by Gasteiger charge is 2.17. The minimum atomic E-state index is -0.717. The SMILES string of the molecule is COC(=O)[C@H](C)NC(=O)c1ccc2[nH]c(=S)oc2c1. The first-order valence-electron chi connectivity index (χ1n) is 5.53. The molecular weight excluding hydrogens is 268 g/mol. The van der Waals surface area contributed by atoms with Crippen molar-refractivity contribution in [3.63, 3.8) is 0 Å². The summed E-state index contributed by atoms with van der Waals surface area (Å²) < 4.78 is 9.75. The van der Waals surface area contributed by atoms with Crippen molar-refractivity contribution in [1.82, 2.24) is 10.3 Å². The van der Waals surface area contributed by atoms with Gasteiger partial charge in [-0.1, -0.05) is 0 Å². The number of H-pyrrole nitrogens is 1. The first-order chi connectivity index (χ1) is 9.01. The van der Waals surface area contributed by atoms with Crippen LogP contribution >= 0.6 is 12.2 Å². The monoisotopic (exact) mass is 280 g/mol. The number of esters is 1. The van der Waals surface area contributed by atoms with Crippen molar-refractivity contribution in [2.75, 3.05) is 7.11 Å². The minimum absolute atomic E-state index is 0.246. The van der Waals surface area contributed by atoms with E-state index in [0.29, 0.717) is 16.7 Å². The second-order valence-electron chi connectivity index (χ2n) is 3.94. The molecule has 2 N–H and O–H groups in total. The normalized spacial score (nSPS) is 12.1. The van der Waals surface area contributed by atoms with Crippen molar-refractivity contribution in [3.05, 3.63) is 28.6 Å². The summed E-state index contributed by atoms with van der Waals surface area (Å²) in [5, 5.41) is 2.53. The fourth-order valence-electron chi connectivity index (χ4n) is 1.60. The highest BCUT2D eigenvalue weighted by molar-refractivity contribution is 7.71. The summed E-state index contributed by atoms with van der Waals surface area (Å²) in [5.41, 5.74) is 1.58. The zero-order valence-electron chi connectivity index (χ0n) is 10.4. The van der Waals surface area contributed by atoms with Crippen molar-refractivity contribution in [1.29, 1.82) is 0 Å². The Balaban J connectivity index is 2.21. The van der Waals surface area contributed by atoms with E-state index in [1.54, 1.807) is 25.1 Å². The summed E-state index contributed by atoms with van der Waals surface area (Å²) in [5.74, 6) is -0.893. The number of rotatable bonds is 3. The van der Waals surface area contributed by atoms with E-state index in [2.05, 4.69) is 15.0 Å². The molecule has 1 aromatic carbocycles. The molecule has 2 rings (SSSR count). The summed E-state index contributed by atoms with van der Waals surface area (Å²) in [7, 11) is 1.26. The van der Waals surface area contributed by atoms with E-state index >= 15 is 0 Å². The fourth-order valence-corrected chi connectivity index (χ4v) is 1.80. The van der Waals surface area contributed by atoms with Crippen LogP contribution in [0, 0.1) is 4.84 Å². The maximum absolute atomic E-state index is 11.9. The molecule has 6 nitrogen and oxygen atoms in total. The van der Waals surface area contributed by atoms with Crippen LogP contribution in [0.5, 0.6) is 0 Å². The molecule has 0 aliphatic heterocycles. The summed E-state index contributed by atoms with van der Waals surface area (Å²) >= 11 is 4.86. The van der Waals surface area contributed by atoms with Crippen LogP contribution in [0.4, 0.5) is 0 Å². The van der Waals surface area contributed by atoms with Crippen molar-refractivity contribution < 1.29 is 18.7 Å². The summed E-state index contributed by atoms with van der Waals surface area (Å²) in [6, 6.07) is 4.14. The Kier molecular flexibility index (Phi) is 3.66. The smallest absolute Gasteiger partial charge is 0.328 e. The molecule has 0 fully saturated rings. The maximum Gasteiger partial charge on any atom is 0.328 e. The molecule has 1 atom stereocenters. The molecule has 0 bridgehead atoms. The van der Waals surface area contributed by atoms with Gasteiger partial charge in [-0.25, -0.2) is 4.79 Å². The molecule has 0 unspecified atom stereocenters. The molecule has 1 heterocycles. The summed E-state index contributed by atoms with van der Waals surface area (Å²) in [6.07, 6.45) is 0. The number of benzene rings is 1. The van der Waals surface area contributed by atoms with Crippen LogP contribution in [0.2, 0.25) is 0 Å². The fraction of sp³-hybridized carbons (Fsp3) is 0.250. The molecule has 0 aliphatic carbocycles. The van der Waals surface area contributed by atoms with Gasteiger partial charge in [-0.05, 0) is 37.3 Å². The van der Waals surface area contributed by atoms with E-state index in [0.717, 1.165) is 0 Å². The molecule has 2 aromatic rings. The highest BCUT2D eigenvalue weighted by atomic mass is 32.1. The van der Waals surface area contributed by atoms with Crippen molar-refractivity contribution in [3.8, 4) is 0 Å². The molecule has 19 heavy (non-hydrogen) atoms. The number of hydrogen-bond acceptors (Lipinski definition) is 5. The van der Waals surface area contributed by atoms with Crippen LogP contribution < -0.4 is 5.32 Å². The molecule has 0 radical (unpaired) electrons. The lowest BCUT2D eigenvalue weighted by atomic mass is 10.2. The van der Waals surface area contributed by atoms with Gasteiger partial charge in [-0.15, -0.1) is 0 Å². The summed E-state index contributed by atoms with van der Waals surface area (Å²) in [4.78, 5) is 26.2. The zero-order chi connectivity index (χ0) is 14.0. The second-order valence-corrected chi connectivity index (χ2v) is 4.31. The number of carbonyl (C=O) groups is 2. The minimum Gasteiger partial charge on any atom is -0.467 e. The van der Waals surface area contributed by atoms with Crippen molar-refractivity contribution >= 4 is 35.2 Å². The van der Waals surface area contributed by atoms with E-state index in [1.807, 2.05) is 0 Å². The van der Waals surface area contributed by atoms with Gasteiger partial charge in [0.15, 0.2) is 5.58 Å². The Morgan fingerprint density at radius 1 is 1.47 bits per heavy atom. The molecule has 1 aromatic heterocycles. The lowest BCUT2D eigenvalue weighted by Gasteiger charge is -2.11. The topological polar surface area (TPSA) is 84.3 Å². The number of nitrogens with one attached hydrogen (secondary N) is 2.